The molecule has 0 aliphatic rings. The van der Waals surface area contributed by atoms with Crippen molar-refractivity contribution in [3.05, 3.63) is 77.4 Å². The van der Waals surface area contributed by atoms with Crippen LogP contribution in [0.1, 0.15) is 29.5 Å². The van der Waals surface area contributed by atoms with Crippen molar-refractivity contribution >= 4 is 6.08 Å². The van der Waals surface area contributed by atoms with E-state index in [1.807, 2.05) is 0 Å². The summed E-state index contributed by atoms with van der Waals surface area (Å²) in [6.45, 7) is 2.16. The fourth-order valence-electron chi connectivity index (χ4n) is 2.05. The minimum Gasteiger partial charge on any atom is -0.0839 e. The number of aryl methyl sites for hydroxylation is 2. The Labute approximate surface area is 110 Å². The third kappa shape index (κ3) is 3.89. The Balaban J connectivity index is 1.77. The second-order valence-corrected chi connectivity index (χ2v) is 4.64. The molecule has 0 saturated heterocycles. The van der Waals surface area contributed by atoms with E-state index in [-0.39, 0.29) is 0 Å². The lowest BCUT2D eigenvalue weighted by Gasteiger charge is -2.00. The third-order valence-corrected chi connectivity index (χ3v) is 3.16. The maximum absolute atomic E-state index is 2.28. The van der Waals surface area contributed by atoms with E-state index in [1.54, 1.807) is 0 Å². The molecular weight excluding hydrogens is 216 g/mol. The van der Waals surface area contributed by atoms with Crippen molar-refractivity contribution in [1.29, 1.82) is 0 Å². The van der Waals surface area contributed by atoms with Gasteiger partial charge in [0, 0.05) is 0 Å². The van der Waals surface area contributed by atoms with Gasteiger partial charge in [0.2, 0.25) is 0 Å². The summed E-state index contributed by atoms with van der Waals surface area (Å²) in [6.07, 6.45) is 8.04. The Morgan fingerprint density at radius 3 is 2.39 bits per heavy atom. The molecule has 0 radical (unpaired) electrons. The van der Waals surface area contributed by atoms with Gasteiger partial charge in [0.05, 0.1) is 0 Å². The van der Waals surface area contributed by atoms with Gasteiger partial charge in [-0.3, -0.25) is 0 Å². The van der Waals surface area contributed by atoms with Crippen molar-refractivity contribution in [2.45, 2.75) is 26.2 Å². The number of benzene rings is 2. The molecule has 0 nitrogen and oxygen atoms in total. The number of hydrogen-bond donors (Lipinski definition) is 0. The maximum atomic E-state index is 2.28. The highest BCUT2D eigenvalue weighted by molar-refractivity contribution is 5.53. The van der Waals surface area contributed by atoms with Crippen LogP contribution in [-0.2, 0) is 6.42 Å². The first-order chi connectivity index (χ1) is 8.86. The standard InChI is InChI=1S/C18H20/c1-16-10-8-9-15-18(16)14-7-3-6-13-17-11-4-2-5-12-17/h2,4-5,7-12,14-15H,3,6,13H2,1H3/b14-7-. The highest BCUT2D eigenvalue weighted by atomic mass is 14.0. The van der Waals surface area contributed by atoms with Gasteiger partial charge in [0.1, 0.15) is 0 Å². The molecule has 0 fully saturated rings. The summed E-state index contributed by atoms with van der Waals surface area (Å²) in [7, 11) is 0. The molecule has 2 aromatic carbocycles. The van der Waals surface area contributed by atoms with E-state index in [0.717, 1.165) is 6.42 Å². The van der Waals surface area contributed by atoms with E-state index >= 15 is 0 Å². The highest BCUT2D eigenvalue weighted by Gasteiger charge is 1.92. The van der Waals surface area contributed by atoms with Crippen molar-refractivity contribution < 1.29 is 0 Å². The average molecular weight is 236 g/mol. The summed E-state index contributed by atoms with van der Waals surface area (Å²) in [5.74, 6) is 0. The van der Waals surface area contributed by atoms with Crippen LogP contribution in [0.3, 0.4) is 0 Å². The number of hydrogen-bond acceptors (Lipinski definition) is 0. The van der Waals surface area contributed by atoms with Crippen molar-refractivity contribution in [3.63, 3.8) is 0 Å². The Morgan fingerprint density at radius 2 is 1.61 bits per heavy atom. The number of rotatable bonds is 5. The van der Waals surface area contributed by atoms with Crippen molar-refractivity contribution in [2.75, 3.05) is 0 Å². The molecule has 0 amide bonds. The molecule has 0 bridgehead atoms. The number of allylic oxidation sites excluding steroid dienone is 1. The van der Waals surface area contributed by atoms with Crippen molar-refractivity contribution in [1.82, 2.24) is 0 Å². The zero-order valence-electron chi connectivity index (χ0n) is 11.0. The predicted octanol–water partition coefficient (Wildman–Crippen LogP) is 5.03. The van der Waals surface area contributed by atoms with Gasteiger partial charge in [-0.1, -0.05) is 66.7 Å². The van der Waals surface area contributed by atoms with Crippen LogP contribution >= 0.6 is 0 Å². The molecule has 0 aliphatic heterocycles. The average Bonchev–Trinajstić information content (AvgIpc) is 2.42. The van der Waals surface area contributed by atoms with Gasteiger partial charge >= 0.3 is 0 Å². The molecule has 2 rings (SSSR count). The third-order valence-electron chi connectivity index (χ3n) is 3.16. The van der Waals surface area contributed by atoms with Crippen LogP contribution in [0, 0.1) is 6.92 Å². The van der Waals surface area contributed by atoms with Gasteiger partial charge in [0.25, 0.3) is 0 Å². The van der Waals surface area contributed by atoms with E-state index in [9.17, 15) is 0 Å². The lowest BCUT2D eigenvalue weighted by atomic mass is 10.1. The lowest BCUT2D eigenvalue weighted by molar-refractivity contribution is 0.845. The molecule has 0 heterocycles. The first kappa shape index (κ1) is 12.6. The Hall–Kier alpha value is -1.82. The van der Waals surface area contributed by atoms with Crippen LogP contribution in [0.25, 0.3) is 6.08 Å². The van der Waals surface area contributed by atoms with E-state index < -0.39 is 0 Å². The first-order valence-corrected chi connectivity index (χ1v) is 6.62. The summed E-state index contributed by atoms with van der Waals surface area (Å²) in [6, 6.07) is 19.2. The summed E-state index contributed by atoms with van der Waals surface area (Å²) < 4.78 is 0. The van der Waals surface area contributed by atoms with E-state index in [2.05, 4.69) is 73.7 Å². The first-order valence-electron chi connectivity index (χ1n) is 6.62. The quantitative estimate of drug-likeness (QED) is 0.639. The zero-order valence-corrected chi connectivity index (χ0v) is 11.0. The van der Waals surface area contributed by atoms with Crippen LogP contribution in [0.5, 0.6) is 0 Å². The zero-order chi connectivity index (χ0) is 12.6. The van der Waals surface area contributed by atoms with Crippen LogP contribution in [-0.4, -0.2) is 0 Å². The smallest absolute Gasteiger partial charge is 0.0231 e. The summed E-state index contributed by atoms with van der Waals surface area (Å²) in [4.78, 5) is 0. The second-order valence-electron chi connectivity index (χ2n) is 4.64. The Bertz CT molecular complexity index is 494. The van der Waals surface area contributed by atoms with Gasteiger partial charge in [-0.2, -0.15) is 0 Å². The molecular formula is C18H20. The van der Waals surface area contributed by atoms with Crippen LogP contribution in [0.2, 0.25) is 0 Å². The predicted molar refractivity (Wildman–Crippen MR) is 79.6 cm³/mol. The number of unbranched alkanes of at least 4 members (excludes halogenated alkanes) is 1. The molecule has 2 aromatic rings. The van der Waals surface area contributed by atoms with E-state index in [0.29, 0.717) is 0 Å². The SMILES string of the molecule is Cc1ccccc1/C=C\CCCc1ccccc1. The molecule has 0 saturated carbocycles. The minimum atomic E-state index is 1.14. The molecule has 0 N–H and O–H groups in total. The van der Waals surface area contributed by atoms with Gasteiger partial charge in [-0.25, -0.2) is 0 Å². The minimum absolute atomic E-state index is 1.14. The van der Waals surface area contributed by atoms with Gasteiger partial charge in [-0.05, 0) is 42.9 Å². The molecule has 0 heteroatoms. The monoisotopic (exact) mass is 236 g/mol. The van der Waals surface area contributed by atoms with Gasteiger partial charge < -0.3 is 0 Å². The molecule has 18 heavy (non-hydrogen) atoms. The fraction of sp³-hybridized carbons (Fsp3) is 0.222. The maximum Gasteiger partial charge on any atom is -0.0231 e. The van der Waals surface area contributed by atoms with Crippen molar-refractivity contribution in [3.8, 4) is 0 Å². The van der Waals surface area contributed by atoms with Crippen LogP contribution < -0.4 is 0 Å². The fourth-order valence-corrected chi connectivity index (χ4v) is 2.05. The molecule has 0 spiro atoms. The summed E-state index contributed by atoms with van der Waals surface area (Å²) >= 11 is 0. The van der Waals surface area contributed by atoms with Crippen LogP contribution in [0.15, 0.2) is 60.7 Å². The molecule has 0 aliphatic carbocycles. The normalized spacial score (nSPS) is 10.9. The molecule has 0 unspecified atom stereocenters. The Kier molecular flexibility index (Phi) is 4.78. The molecule has 0 aromatic heterocycles. The topological polar surface area (TPSA) is 0 Å². The van der Waals surface area contributed by atoms with Gasteiger partial charge in [0.15, 0.2) is 0 Å². The summed E-state index contributed by atoms with van der Waals surface area (Å²) in [5, 5.41) is 0. The van der Waals surface area contributed by atoms with E-state index in [1.165, 1.54) is 29.5 Å². The van der Waals surface area contributed by atoms with Gasteiger partial charge in [-0.15, -0.1) is 0 Å². The van der Waals surface area contributed by atoms with Crippen molar-refractivity contribution in [2.24, 2.45) is 0 Å². The molecule has 0 atom stereocenters. The second kappa shape index (κ2) is 6.80. The van der Waals surface area contributed by atoms with Crippen LogP contribution in [0.4, 0.5) is 0 Å². The Morgan fingerprint density at radius 1 is 0.889 bits per heavy atom. The largest absolute Gasteiger partial charge is 0.0839 e. The summed E-state index contributed by atoms with van der Waals surface area (Å²) in [5.41, 5.74) is 4.11. The molecule has 92 valence electrons. The van der Waals surface area contributed by atoms with E-state index in [4.69, 9.17) is 0 Å². The highest BCUT2D eigenvalue weighted by Crippen LogP contribution is 2.10. The lowest BCUT2D eigenvalue weighted by Crippen LogP contribution is -1.83.